The molecule has 0 saturated carbocycles. The van der Waals surface area contributed by atoms with Crippen LogP contribution < -0.4 is 26.4 Å². The van der Waals surface area contributed by atoms with Crippen molar-refractivity contribution in [3.8, 4) is 11.1 Å². The van der Waals surface area contributed by atoms with Gasteiger partial charge in [-0.05, 0) is 53.2 Å². The van der Waals surface area contributed by atoms with Crippen LogP contribution in [0.1, 0.15) is 6.42 Å². The van der Waals surface area contributed by atoms with Crippen LogP contribution in [-0.2, 0) is 7.05 Å². The predicted molar refractivity (Wildman–Crippen MR) is 112 cm³/mol. The molecule has 0 fully saturated rings. The predicted octanol–water partition coefficient (Wildman–Crippen LogP) is 1.65. The van der Waals surface area contributed by atoms with E-state index in [9.17, 15) is 0 Å². The van der Waals surface area contributed by atoms with Crippen molar-refractivity contribution in [1.82, 2.24) is 20.4 Å². The van der Waals surface area contributed by atoms with Gasteiger partial charge in [0.15, 0.2) is 0 Å². The molecular formula is C22H23N5. The highest BCUT2D eigenvalue weighted by Crippen LogP contribution is 2.25. The van der Waals surface area contributed by atoms with Crippen LogP contribution in [0.5, 0.6) is 0 Å². The molecule has 0 aliphatic carbocycles. The second-order valence-electron chi connectivity index (χ2n) is 7.18. The molecule has 0 amide bonds. The number of hydrogen-bond donors (Lipinski definition) is 3. The lowest BCUT2D eigenvalue weighted by molar-refractivity contribution is 0.675. The van der Waals surface area contributed by atoms with Crippen LogP contribution in [0, 0.1) is 0 Å². The zero-order chi connectivity index (χ0) is 18.2. The molecule has 1 aromatic heterocycles. The molecule has 5 nitrogen and oxygen atoms in total. The van der Waals surface area contributed by atoms with E-state index in [0.29, 0.717) is 6.04 Å². The van der Waals surface area contributed by atoms with Crippen LogP contribution in [0.25, 0.3) is 34.3 Å². The smallest absolute Gasteiger partial charge is 0.0685 e. The minimum atomic E-state index is 0.348. The fourth-order valence-corrected chi connectivity index (χ4v) is 3.87. The molecule has 0 spiro atoms. The van der Waals surface area contributed by atoms with Crippen LogP contribution in [0.15, 0.2) is 48.8 Å². The SMILES string of the molecule is Cn1ncc2ccc(-c3cc(NC4C=CNCC4)c4c(c3)=CCNC=4)cc21. The summed E-state index contributed by atoms with van der Waals surface area (Å²) in [5.74, 6) is 0. The molecule has 2 aliphatic heterocycles. The number of fused-ring (bicyclic) bond motifs is 2. The molecule has 2 aromatic carbocycles. The Morgan fingerprint density at radius 1 is 1.15 bits per heavy atom. The van der Waals surface area contributed by atoms with Gasteiger partial charge in [-0.1, -0.05) is 18.2 Å². The molecule has 1 unspecified atom stereocenters. The van der Waals surface area contributed by atoms with E-state index in [2.05, 4.69) is 69.7 Å². The van der Waals surface area contributed by atoms with E-state index in [4.69, 9.17) is 0 Å². The first-order valence-corrected chi connectivity index (χ1v) is 9.44. The Hall–Kier alpha value is -3.21. The van der Waals surface area contributed by atoms with Crippen LogP contribution in [-0.4, -0.2) is 28.9 Å². The maximum absolute atomic E-state index is 4.37. The molecule has 27 heavy (non-hydrogen) atoms. The van der Waals surface area contributed by atoms with Crippen LogP contribution >= 0.6 is 0 Å². The van der Waals surface area contributed by atoms with E-state index < -0.39 is 0 Å². The van der Waals surface area contributed by atoms with Crippen LogP contribution in [0.4, 0.5) is 5.69 Å². The monoisotopic (exact) mass is 357 g/mol. The summed E-state index contributed by atoms with van der Waals surface area (Å²) in [4.78, 5) is 0. The first-order chi connectivity index (χ1) is 13.3. The normalized spacial score (nSPS) is 18.0. The van der Waals surface area contributed by atoms with Gasteiger partial charge in [-0.25, -0.2) is 0 Å². The van der Waals surface area contributed by atoms with E-state index in [0.717, 1.165) is 25.0 Å². The molecule has 0 saturated heterocycles. The zero-order valence-electron chi connectivity index (χ0n) is 15.4. The van der Waals surface area contributed by atoms with Gasteiger partial charge in [0.25, 0.3) is 0 Å². The van der Waals surface area contributed by atoms with Crippen molar-refractivity contribution < 1.29 is 0 Å². The summed E-state index contributed by atoms with van der Waals surface area (Å²) in [5, 5.41) is 18.4. The van der Waals surface area contributed by atoms with Crippen molar-refractivity contribution in [3.05, 3.63) is 59.2 Å². The van der Waals surface area contributed by atoms with Gasteiger partial charge in [-0.15, -0.1) is 0 Å². The lowest BCUT2D eigenvalue weighted by atomic mass is 10.00. The average Bonchev–Trinajstić information content (AvgIpc) is 3.09. The lowest BCUT2D eigenvalue weighted by Crippen LogP contribution is -2.37. The molecule has 3 N–H and O–H groups in total. The Bertz CT molecular complexity index is 1160. The van der Waals surface area contributed by atoms with Crippen molar-refractivity contribution in [2.24, 2.45) is 7.05 Å². The Morgan fingerprint density at radius 3 is 3.00 bits per heavy atom. The van der Waals surface area contributed by atoms with Crippen molar-refractivity contribution in [3.63, 3.8) is 0 Å². The fraction of sp³-hybridized carbons (Fsp3) is 0.227. The highest BCUT2D eigenvalue weighted by molar-refractivity contribution is 5.85. The highest BCUT2D eigenvalue weighted by Gasteiger charge is 2.12. The van der Waals surface area contributed by atoms with Crippen molar-refractivity contribution in [2.75, 3.05) is 18.4 Å². The summed E-state index contributed by atoms with van der Waals surface area (Å²) in [6.45, 7) is 1.87. The number of aryl methyl sites for hydroxylation is 1. The number of hydrogen-bond acceptors (Lipinski definition) is 4. The summed E-state index contributed by atoms with van der Waals surface area (Å²) in [7, 11) is 1.99. The largest absolute Gasteiger partial charge is 0.391 e. The number of rotatable bonds is 3. The van der Waals surface area contributed by atoms with Crippen molar-refractivity contribution in [1.29, 1.82) is 0 Å². The van der Waals surface area contributed by atoms with Gasteiger partial charge in [0.1, 0.15) is 0 Å². The summed E-state index contributed by atoms with van der Waals surface area (Å²) in [5.41, 5.74) is 4.76. The minimum Gasteiger partial charge on any atom is -0.391 e. The molecular weight excluding hydrogens is 334 g/mol. The van der Waals surface area contributed by atoms with Gasteiger partial charge in [-0.2, -0.15) is 5.10 Å². The lowest BCUT2D eigenvalue weighted by Gasteiger charge is -2.22. The third kappa shape index (κ3) is 2.95. The number of aromatic nitrogens is 2. The van der Waals surface area contributed by atoms with E-state index in [1.807, 2.05) is 24.1 Å². The summed E-state index contributed by atoms with van der Waals surface area (Å²) in [6, 6.07) is 11.5. The highest BCUT2D eigenvalue weighted by atomic mass is 15.2. The van der Waals surface area contributed by atoms with Gasteiger partial charge in [0.05, 0.1) is 11.7 Å². The molecule has 0 radical (unpaired) electrons. The van der Waals surface area contributed by atoms with Gasteiger partial charge in [-0.3, -0.25) is 4.68 Å². The number of anilines is 1. The van der Waals surface area contributed by atoms with Gasteiger partial charge in [0.2, 0.25) is 0 Å². The van der Waals surface area contributed by atoms with Gasteiger partial charge < -0.3 is 16.0 Å². The standard InChI is InChI=1S/C22H23N5/c1-27-22-12-15(2-3-17(22)13-25-27)18-10-16-4-7-24-14-20(16)21(11-18)26-19-5-8-23-9-6-19/h2-5,8,10-14,19,23-24,26H,6-7,9H2,1H3. The minimum absolute atomic E-state index is 0.348. The fourth-order valence-electron chi connectivity index (χ4n) is 3.87. The number of nitrogens with one attached hydrogen (secondary N) is 3. The quantitative estimate of drug-likeness (QED) is 0.667. The second kappa shape index (κ2) is 6.50. The Balaban J connectivity index is 1.64. The average molecular weight is 357 g/mol. The summed E-state index contributed by atoms with van der Waals surface area (Å²) in [6.07, 6.45) is 11.6. The van der Waals surface area contributed by atoms with E-state index >= 15 is 0 Å². The first-order valence-electron chi connectivity index (χ1n) is 9.44. The number of nitrogens with zero attached hydrogens (tertiary/aromatic N) is 2. The summed E-state index contributed by atoms with van der Waals surface area (Å²) >= 11 is 0. The van der Waals surface area contributed by atoms with Gasteiger partial charge >= 0.3 is 0 Å². The molecule has 3 heterocycles. The molecule has 5 heteroatoms. The summed E-state index contributed by atoms with van der Waals surface area (Å²) < 4.78 is 1.93. The molecule has 3 aromatic rings. The van der Waals surface area contributed by atoms with Crippen LogP contribution in [0.2, 0.25) is 0 Å². The maximum Gasteiger partial charge on any atom is 0.0685 e. The Labute approximate surface area is 158 Å². The molecule has 0 bridgehead atoms. The Kier molecular flexibility index (Phi) is 3.85. The van der Waals surface area contributed by atoms with Gasteiger partial charge in [0, 0.05) is 48.7 Å². The Morgan fingerprint density at radius 2 is 2.11 bits per heavy atom. The van der Waals surface area contributed by atoms with Crippen LogP contribution in [0.3, 0.4) is 0 Å². The zero-order valence-corrected chi connectivity index (χ0v) is 15.4. The second-order valence-corrected chi connectivity index (χ2v) is 7.18. The topological polar surface area (TPSA) is 53.9 Å². The third-order valence-electron chi connectivity index (χ3n) is 5.37. The van der Waals surface area contributed by atoms with E-state index in [1.165, 1.54) is 32.6 Å². The maximum atomic E-state index is 4.37. The third-order valence-corrected chi connectivity index (χ3v) is 5.37. The molecule has 2 aliphatic rings. The molecule has 5 rings (SSSR count). The first kappa shape index (κ1) is 16.0. The molecule has 136 valence electrons. The van der Waals surface area contributed by atoms with Crippen molar-refractivity contribution in [2.45, 2.75) is 12.5 Å². The van der Waals surface area contributed by atoms with Crippen molar-refractivity contribution >= 4 is 28.9 Å². The van der Waals surface area contributed by atoms with E-state index in [1.54, 1.807) is 0 Å². The number of benzene rings is 2. The van der Waals surface area contributed by atoms with E-state index in [-0.39, 0.29) is 0 Å². The molecule has 1 atom stereocenters.